The smallest absolute Gasteiger partial charge is 0.194 e. The fourth-order valence-electron chi connectivity index (χ4n) is 4.00. The third-order valence-corrected chi connectivity index (χ3v) is 5.70. The molecule has 0 amide bonds. The van der Waals surface area contributed by atoms with Crippen LogP contribution in [-0.2, 0) is 6.54 Å². The second-order valence-corrected chi connectivity index (χ2v) is 7.94. The summed E-state index contributed by atoms with van der Waals surface area (Å²) < 4.78 is 7.23. The predicted octanol–water partition coefficient (Wildman–Crippen LogP) is 3.41. The van der Waals surface area contributed by atoms with Crippen LogP contribution in [0.3, 0.4) is 0 Å². The second kappa shape index (κ2) is 11.4. The number of aryl methyl sites for hydroxylation is 2. The quantitative estimate of drug-likeness (QED) is 0.293. The van der Waals surface area contributed by atoms with E-state index < -0.39 is 0 Å². The van der Waals surface area contributed by atoms with Crippen molar-refractivity contribution in [3.05, 3.63) is 65.6 Å². The molecule has 176 valence electrons. The van der Waals surface area contributed by atoms with E-state index in [1.807, 2.05) is 50.0 Å². The van der Waals surface area contributed by atoms with Gasteiger partial charge in [-0.3, -0.25) is 4.99 Å². The monoisotopic (exact) mass is 561 g/mol. The summed E-state index contributed by atoms with van der Waals surface area (Å²) >= 11 is 0. The highest BCUT2D eigenvalue weighted by atomic mass is 127. The highest BCUT2D eigenvalue weighted by Crippen LogP contribution is 2.22. The lowest BCUT2D eigenvalue weighted by Gasteiger charge is -2.37. The lowest BCUT2D eigenvalue weighted by Crippen LogP contribution is -2.52. The van der Waals surface area contributed by atoms with E-state index in [0.717, 1.165) is 60.7 Å². The van der Waals surface area contributed by atoms with Crippen molar-refractivity contribution in [2.45, 2.75) is 20.4 Å². The fraction of sp³-hybridized carbons (Fsp3) is 0.375. The number of hydrogen-bond acceptors (Lipinski definition) is 5. The van der Waals surface area contributed by atoms with Gasteiger partial charge in [0, 0.05) is 63.4 Å². The molecule has 1 aliphatic heterocycles. The minimum atomic E-state index is 0. The Labute approximate surface area is 212 Å². The molecule has 3 aromatic rings. The van der Waals surface area contributed by atoms with Gasteiger partial charge in [0.05, 0.1) is 12.8 Å². The van der Waals surface area contributed by atoms with E-state index in [1.165, 1.54) is 5.69 Å². The summed E-state index contributed by atoms with van der Waals surface area (Å²) in [5, 5.41) is 7.98. The number of hydrogen-bond donors (Lipinski definition) is 1. The molecule has 0 radical (unpaired) electrons. The van der Waals surface area contributed by atoms with Crippen LogP contribution >= 0.6 is 24.0 Å². The number of benzene rings is 1. The number of pyridine rings is 1. The van der Waals surface area contributed by atoms with Gasteiger partial charge in [-0.15, -0.1) is 24.0 Å². The van der Waals surface area contributed by atoms with Gasteiger partial charge in [0.1, 0.15) is 5.75 Å². The average molecular weight is 561 g/mol. The van der Waals surface area contributed by atoms with E-state index in [2.05, 4.69) is 54.5 Å². The molecule has 2 aromatic heterocycles. The molecule has 0 unspecified atom stereocenters. The Hall–Kier alpha value is -2.82. The molecular weight excluding hydrogens is 529 g/mol. The Balaban J connectivity index is 0.00000306. The first-order valence-electron chi connectivity index (χ1n) is 10.9. The van der Waals surface area contributed by atoms with E-state index in [9.17, 15) is 0 Å². The Bertz CT molecular complexity index is 1070. The number of anilines is 1. The standard InChI is InChI=1S/C24H31N7O.HI/c1-18-14-19(2)31(28-18)23-9-8-20(16-26-23)17-27-24(25-3)30-12-10-29(11-13-30)21-6-5-7-22(15-21)32-4;/h5-9,14-16H,10-13,17H2,1-4H3,(H,25,27);1H. The fourth-order valence-corrected chi connectivity index (χ4v) is 4.00. The van der Waals surface area contributed by atoms with E-state index in [4.69, 9.17) is 4.74 Å². The lowest BCUT2D eigenvalue weighted by molar-refractivity contribution is 0.372. The highest BCUT2D eigenvalue weighted by Gasteiger charge is 2.20. The van der Waals surface area contributed by atoms with Crippen molar-refractivity contribution in [2.75, 3.05) is 45.2 Å². The normalized spacial score (nSPS) is 14.1. The Morgan fingerprint density at radius 3 is 2.48 bits per heavy atom. The van der Waals surface area contributed by atoms with Crippen molar-refractivity contribution < 1.29 is 4.74 Å². The Morgan fingerprint density at radius 2 is 1.88 bits per heavy atom. The molecule has 0 aliphatic carbocycles. The largest absolute Gasteiger partial charge is 0.497 e. The third-order valence-electron chi connectivity index (χ3n) is 5.70. The van der Waals surface area contributed by atoms with Crippen molar-refractivity contribution in [1.29, 1.82) is 0 Å². The van der Waals surface area contributed by atoms with E-state index in [-0.39, 0.29) is 24.0 Å². The molecule has 0 spiro atoms. The van der Waals surface area contributed by atoms with Crippen molar-refractivity contribution >= 4 is 35.6 Å². The van der Waals surface area contributed by atoms with Gasteiger partial charge in [-0.25, -0.2) is 9.67 Å². The molecule has 4 rings (SSSR count). The summed E-state index contributed by atoms with van der Waals surface area (Å²) in [5.74, 6) is 2.63. The van der Waals surface area contributed by atoms with Crippen LogP contribution in [0.4, 0.5) is 5.69 Å². The Kier molecular flexibility index (Phi) is 8.54. The van der Waals surface area contributed by atoms with E-state index in [0.29, 0.717) is 6.54 Å². The van der Waals surface area contributed by atoms with Crippen LogP contribution in [0.25, 0.3) is 5.82 Å². The van der Waals surface area contributed by atoms with Crippen LogP contribution in [0.2, 0.25) is 0 Å². The Morgan fingerprint density at radius 1 is 1.09 bits per heavy atom. The van der Waals surface area contributed by atoms with Gasteiger partial charge in [0.2, 0.25) is 0 Å². The first kappa shape index (κ1) is 24.8. The molecule has 8 nitrogen and oxygen atoms in total. The number of piperazine rings is 1. The van der Waals surface area contributed by atoms with Crippen molar-refractivity contribution in [3.8, 4) is 11.6 Å². The molecule has 9 heteroatoms. The maximum atomic E-state index is 5.36. The molecule has 0 atom stereocenters. The van der Waals surface area contributed by atoms with Gasteiger partial charge < -0.3 is 19.9 Å². The van der Waals surface area contributed by atoms with Crippen LogP contribution in [0, 0.1) is 13.8 Å². The number of nitrogens with one attached hydrogen (secondary N) is 1. The van der Waals surface area contributed by atoms with Crippen LogP contribution in [-0.4, -0.2) is 66.0 Å². The number of nitrogens with zero attached hydrogens (tertiary/aromatic N) is 6. The van der Waals surface area contributed by atoms with Gasteiger partial charge in [-0.1, -0.05) is 12.1 Å². The maximum absolute atomic E-state index is 5.36. The molecule has 33 heavy (non-hydrogen) atoms. The van der Waals surface area contributed by atoms with Crippen LogP contribution in [0.15, 0.2) is 53.7 Å². The molecule has 1 N–H and O–H groups in total. The molecular formula is C24H32IN7O. The van der Waals surface area contributed by atoms with Crippen molar-refractivity contribution in [1.82, 2.24) is 25.0 Å². The van der Waals surface area contributed by atoms with Crippen LogP contribution in [0.5, 0.6) is 5.75 Å². The SMILES string of the molecule is CN=C(NCc1ccc(-n2nc(C)cc2C)nc1)N1CCN(c2cccc(OC)c2)CC1.I. The lowest BCUT2D eigenvalue weighted by atomic mass is 10.2. The number of methoxy groups -OCH3 is 1. The summed E-state index contributed by atoms with van der Waals surface area (Å²) in [6.07, 6.45) is 1.90. The zero-order valence-electron chi connectivity index (χ0n) is 19.7. The number of halogens is 1. The van der Waals surface area contributed by atoms with Crippen LogP contribution < -0.4 is 15.0 Å². The molecule has 1 saturated heterocycles. The summed E-state index contributed by atoms with van der Waals surface area (Å²) in [6.45, 7) is 8.39. The molecule has 1 aromatic carbocycles. The summed E-state index contributed by atoms with van der Waals surface area (Å²) in [7, 11) is 3.54. The highest BCUT2D eigenvalue weighted by molar-refractivity contribution is 14.0. The summed E-state index contributed by atoms with van der Waals surface area (Å²) in [5.41, 5.74) is 4.37. The molecule has 3 heterocycles. The molecule has 1 aliphatic rings. The topological polar surface area (TPSA) is 70.8 Å². The van der Waals surface area contributed by atoms with Crippen LogP contribution in [0.1, 0.15) is 17.0 Å². The molecule has 1 fully saturated rings. The number of aromatic nitrogens is 3. The van der Waals surface area contributed by atoms with Gasteiger partial charge in [-0.2, -0.15) is 5.10 Å². The maximum Gasteiger partial charge on any atom is 0.194 e. The average Bonchev–Trinajstić information content (AvgIpc) is 3.18. The molecule has 0 bridgehead atoms. The first-order valence-corrected chi connectivity index (χ1v) is 10.9. The van der Waals surface area contributed by atoms with Crippen molar-refractivity contribution in [2.24, 2.45) is 4.99 Å². The van der Waals surface area contributed by atoms with Crippen molar-refractivity contribution in [3.63, 3.8) is 0 Å². The number of guanidine groups is 1. The number of ether oxygens (including phenoxy) is 1. The molecule has 0 saturated carbocycles. The van der Waals surface area contributed by atoms with Gasteiger partial charge in [0.25, 0.3) is 0 Å². The zero-order valence-corrected chi connectivity index (χ0v) is 22.0. The summed E-state index contributed by atoms with van der Waals surface area (Å²) in [6, 6.07) is 14.4. The zero-order chi connectivity index (χ0) is 22.5. The van der Waals surface area contributed by atoms with Gasteiger partial charge in [0.15, 0.2) is 11.8 Å². The summed E-state index contributed by atoms with van der Waals surface area (Å²) in [4.78, 5) is 13.8. The predicted molar refractivity (Wildman–Crippen MR) is 143 cm³/mol. The third kappa shape index (κ3) is 5.95. The van der Waals surface area contributed by atoms with E-state index >= 15 is 0 Å². The first-order chi connectivity index (χ1) is 15.6. The minimum Gasteiger partial charge on any atom is -0.497 e. The van der Waals surface area contributed by atoms with Gasteiger partial charge >= 0.3 is 0 Å². The number of rotatable bonds is 5. The minimum absolute atomic E-state index is 0. The second-order valence-electron chi connectivity index (χ2n) is 7.94. The van der Waals surface area contributed by atoms with Gasteiger partial charge in [-0.05, 0) is 43.7 Å². The number of aliphatic imine (C=N–C) groups is 1. The van der Waals surface area contributed by atoms with E-state index in [1.54, 1.807) is 7.11 Å².